The van der Waals surface area contributed by atoms with Gasteiger partial charge in [0.25, 0.3) is 10.0 Å². The molecule has 1 aromatic rings. The number of pyridine rings is 1. The summed E-state index contributed by atoms with van der Waals surface area (Å²) in [7, 11) is -1.94. The van der Waals surface area contributed by atoms with Crippen LogP contribution in [0, 0.1) is 0 Å². The molecule has 0 spiro atoms. The Hall–Kier alpha value is -1.02. The highest BCUT2D eigenvalue weighted by Gasteiger charge is 2.31. The molecule has 6 nitrogen and oxygen atoms in total. The van der Waals surface area contributed by atoms with Gasteiger partial charge in [0.1, 0.15) is 0 Å². The largest absolute Gasteiger partial charge is 0.380 e. The third kappa shape index (κ3) is 3.42. The molecule has 1 aliphatic heterocycles. The van der Waals surface area contributed by atoms with Gasteiger partial charge in [0, 0.05) is 32.4 Å². The fourth-order valence-corrected chi connectivity index (χ4v) is 3.65. The predicted molar refractivity (Wildman–Crippen MR) is 78.3 cm³/mol. The van der Waals surface area contributed by atoms with Crippen molar-refractivity contribution in [2.24, 2.45) is 0 Å². The number of likely N-dealkylation sites (N-methyl/N-ethyl adjacent to an activating group) is 1. The van der Waals surface area contributed by atoms with Crippen LogP contribution in [-0.2, 0) is 21.3 Å². The van der Waals surface area contributed by atoms with Crippen LogP contribution in [0.3, 0.4) is 0 Å². The first-order valence-electron chi connectivity index (χ1n) is 7.31. The molecular weight excluding hydrogens is 290 g/mol. The molecule has 0 amide bonds. The molecule has 0 bridgehead atoms. The molecular formula is C14H21N3O3S. The monoisotopic (exact) mass is 311 g/mol. The van der Waals surface area contributed by atoms with Gasteiger partial charge >= 0.3 is 0 Å². The summed E-state index contributed by atoms with van der Waals surface area (Å²) < 4.78 is 31.6. The molecule has 0 aromatic carbocycles. The standard InChI is InChI=1S/C14H21N3O3S/c1-17(13-6-7-20-10-13)21(18,19)14-5-2-11(9-16-14)8-15-12-3-4-12/h2,5,9,12-13,15H,3-4,6-8,10H2,1H3. The Labute approximate surface area is 125 Å². The zero-order valence-electron chi connectivity index (χ0n) is 12.2. The quantitative estimate of drug-likeness (QED) is 0.839. The van der Waals surface area contributed by atoms with E-state index in [1.54, 1.807) is 19.3 Å². The van der Waals surface area contributed by atoms with E-state index in [4.69, 9.17) is 4.74 Å². The fraction of sp³-hybridized carbons (Fsp3) is 0.643. The second-order valence-electron chi connectivity index (χ2n) is 5.70. The van der Waals surface area contributed by atoms with E-state index < -0.39 is 10.0 Å². The molecule has 1 saturated heterocycles. The van der Waals surface area contributed by atoms with Gasteiger partial charge in [-0.15, -0.1) is 0 Å². The summed E-state index contributed by atoms with van der Waals surface area (Å²) in [6.45, 7) is 1.81. The summed E-state index contributed by atoms with van der Waals surface area (Å²) in [5.41, 5.74) is 1.01. The van der Waals surface area contributed by atoms with Crippen LogP contribution in [-0.4, -0.2) is 50.1 Å². The number of hydrogen-bond acceptors (Lipinski definition) is 5. The van der Waals surface area contributed by atoms with Crippen molar-refractivity contribution >= 4 is 10.0 Å². The summed E-state index contributed by atoms with van der Waals surface area (Å²) in [5.74, 6) is 0. The van der Waals surface area contributed by atoms with Crippen LogP contribution < -0.4 is 5.32 Å². The number of nitrogens with zero attached hydrogens (tertiary/aromatic N) is 2. The normalized spacial score (nSPS) is 22.9. The Morgan fingerprint density at radius 1 is 1.38 bits per heavy atom. The van der Waals surface area contributed by atoms with Crippen molar-refractivity contribution in [3.63, 3.8) is 0 Å². The van der Waals surface area contributed by atoms with Gasteiger partial charge in [-0.25, -0.2) is 13.4 Å². The Morgan fingerprint density at radius 3 is 2.76 bits per heavy atom. The van der Waals surface area contributed by atoms with Crippen LogP contribution in [0.15, 0.2) is 23.4 Å². The van der Waals surface area contributed by atoms with Gasteiger partial charge in [0.2, 0.25) is 0 Å². The van der Waals surface area contributed by atoms with E-state index in [2.05, 4.69) is 10.3 Å². The van der Waals surface area contributed by atoms with Crippen LogP contribution in [0.2, 0.25) is 0 Å². The Morgan fingerprint density at radius 2 is 2.19 bits per heavy atom. The molecule has 0 radical (unpaired) electrons. The first-order chi connectivity index (χ1) is 10.1. The highest BCUT2D eigenvalue weighted by molar-refractivity contribution is 7.89. The van der Waals surface area contributed by atoms with Crippen molar-refractivity contribution in [1.29, 1.82) is 0 Å². The fourth-order valence-electron chi connectivity index (χ4n) is 2.37. The molecule has 1 saturated carbocycles. The third-order valence-electron chi connectivity index (χ3n) is 4.03. The number of rotatable bonds is 6. The topological polar surface area (TPSA) is 71.5 Å². The minimum atomic E-state index is -3.54. The molecule has 21 heavy (non-hydrogen) atoms. The number of ether oxygens (including phenoxy) is 1. The Bertz CT molecular complexity index is 578. The molecule has 2 fully saturated rings. The molecule has 2 heterocycles. The summed E-state index contributed by atoms with van der Waals surface area (Å²) in [4.78, 5) is 4.13. The van der Waals surface area contributed by atoms with E-state index in [0.717, 1.165) is 18.5 Å². The SMILES string of the molecule is CN(C1CCOC1)S(=O)(=O)c1ccc(CNC2CC2)cn1. The molecule has 3 rings (SSSR count). The molecule has 1 atom stereocenters. The average Bonchev–Trinajstić information content (AvgIpc) is 3.16. The van der Waals surface area contributed by atoms with Crippen LogP contribution in [0.25, 0.3) is 0 Å². The maximum atomic E-state index is 12.5. The van der Waals surface area contributed by atoms with E-state index in [9.17, 15) is 8.42 Å². The maximum absolute atomic E-state index is 12.5. The van der Waals surface area contributed by atoms with Crippen LogP contribution in [0.4, 0.5) is 0 Å². The van der Waals surface area contributed by atoms with E-state index in [-0.39, 0.29) is 11.1 Å². The zero-order valence-corrected chi connectivity index (χ0v) is 13.0. The lowest BCUT2D eigenvalue weighted by atomic mass is 10.3. The van der Waals surface area contributed by atoms with Crippen molar-refractivity contribution < 1.29 is 13.2 Å². The van der Waals surface area contributed by atoms with E-state index >= 15 is 0 Å². The van der Waals surface area contributed by atoms with Gasteiger partial charge in [-0.3, -0.25) is 0 Å². The molecule has 1 aliphatic carbocycles. The highest BCUT2D eigenvalue weighted by Crippen LogP contribution is 2.21. The number of hydrogen-bond donors (Lipinski definition) is 1. The van der Waals surface area contributed by atoms with Crippen LogP contribution >= 0.6 is 0 Å². The lowest BCUT2D eigenvalue weighted by molar-refractivity contribution is 0.180. The molecule has 7 heteroatoms. The van der Waals surface area contributed by atoms with Gasteiger partial charge < -0.3 is 10.1 Å². The lowest BCUT2D eigenvalue weighted by Crippen LogP contribution is -2.37. The maximum Gasteiger partial charge on any atom is 0.260 e. The minimum absolute atomic E-state index is 0.0898. The molecule has 2 aliphatic rings. The van der Waals surface area contributed by atoms with Crippen LogP contribution in [0.5, 0.6) is 0 Å². The highest BCUT2D eigenvalue weighted by atomic mass is 32.2. The van der Waals surface area contributed by atoms with Gasteiger partial charge in [0.15, 0.2) is 5.03 Å². The molecule has 116 valence electrons. The summed E-state index contributed by atoms with van der Waals surface area (Å²) >= 11 is 0. The predicted octanol–water partition coefficient (Wildman–Crippen LogP) is 0.743. The second kappa shape index (κ2) is 6.00. The molecule has 1 N–H and O–H groups in total. The molecule has 1 aromatic heterocycles. The van der Waals surface area contributed by atoms with Crippen molar-refractivity contribution in [3.05, 3.63) is 23.9 Å². The first kappa shape index (κ1) is 14.9. The van der Waals surface area contributed by atoms with Gasteiger partial charge in [-0.2, -0.15) is 4.31 Å². The summed E-state index contributed by atoms with van der Waals surface area (Å²) in [5, 5.41) is 3.49. The van der Waals surface area contributed by atoms with E-state index in [0.29, 0.717) is 19.3 Å². The Kier molecular flexibility index (Phi) is 4.26. The smallest absolute Gasteiger partial charge is 0.260 e. The van der Waals surface area contributed by atoms with E-state index in [1.165, 1.54) is 17.1 Å². The number of aromatic nitrogens is 1. The van der Waals surface area contributed by atoms with E-state index in [1.807, 2.05) is 6.07 Å². The number of nitrogens with one attached hydrogen (secondary N) is 1. The van der Waals surface area contributed by atoms with Crippen molar-refractivity contribution in [2.75, 3.05) is 20.3 Å². The van der Waals surface area contributed by atoms with Crippen molar-refractivity contribution in [2.45, 2.75) is 42.9 Å². The molecule has 1 unspecified atom stereocenters. The second-order valence-corrected chi connectivity index (χ2v) is 7.64. The minimum Gasteiger partial charge on any atom is -0.380 e. The van der Waals surface area contributed by atoms with Crippen LogP contribution in [0.1, 0.15) is 24.8 Å². The lowest BCUT2D eigenvalue weighted by Gasteiger charge is -2.22. The van der Waals surface area contributed by atoms with Crippen molar-refractivity contribution in [3.8, 4) is 0 Å². The first-order valence-corrected chi connectivity index (χ1v) is 8.75. The third-order valence-corrected chi connectivity index (χ3v) is 5.86. The summed E-state index contributed by atoms with van der Waals surface area (Å²) in [6, 6.07) is 3.95. The van der Waals surface area contributed by atoms with Gasteiger partial charge in [-0.1, -0.05) is 6.07 Å². The Balaban J connectivity index is 1.68. The van der Waals surface area contributed by atoms with Gasteiger partial charge in [0.05, 0.1) is 12.6 Å². The average molecular weight is 311 g/mol. The summed E-state index contributed by atoms with van der Waals surface area (Å²) in [6.07, 6.45) is 4.84. The zero-order chi connectivity index (χ0) is 14.9. The van der Waals surface area contributed by atoms with Crippen molar-refractivity contribution in [1.82, 2.24) is 14.6 Å². The van der Waals surface area contributed by atoms with Gasteiger partial charge in [-0.05, 0) is 30.9 Å². The number of sulfonamides is 1.